The second kappa shape index (κ2) is 7.14. The van der Waals surface area contributed by atoms with Crippen LogP contribution in [0.2, 0.25) is 0 Å². The Bertz CT molecular complexity index is 716. The number of rotatable bonds is 4. The zero-order valence-corrected chi connectivity index (χ0v) is 11.5. The minimum atomic E-state index is -0.869. The first-order valence-electron chi connectivity index (χ1n) is 6.48. The van der Waals surface area contributed by atoms with Crippen LogP contribution in [0.25, 0.3) is 6.08 Å². The van der Waals surface area contributed by atoms with Gasteiger partial charge in [-0.05, 0) is 41.5 Å². The summed E-state index contributed by atoms with van der Waals surface area (Å²) >= 11 is 0. The number of nitriles is 1. The topological polar surface area (TPSA) is 52.9 Å². The minimum Gasteiger partial charge on any atom is -0.333 e. The van der Waals surface area contributed by atoms with E-state index in [0.717, 1.165) is 0 Å². The van der Waals surface area contributed by atoms with Gasteiger partial charge in [0.05, 0.1) is 6.07 Å². The third-order valence-electron chi connectivity index (χ3n) is 2.92. The van der Waals surface area contributed by atoms with Crippen LogP contribution in [0.1, 0.15) is 17.2 Å². The van der Waals surface area contributed by atoms with Gasteiger partial charge in [0.1, 0.15) is 17.7 Å². The Kier molecular flexibility index (Phi) is 4.99. The summed E-state index contributed by atoms with van der Waals surface area (Å²) in [6, 6.07) is 12.0. The van der Waals surface area contributed by atoms with Crippen molar-refractivity contribution in [2.45, 2.75) is 6.04 Å². The van der Waals surface area contributed by atoms with Gasteiger partial charge in [0.2, 0.25) is 5.91 Å². The van der Waals surface area contributed by atoms with Crippen LogP contribution in [-0.4, -0.2) is 5.91 Å². The number of hydrogen-bond donors (Lipinski definition) is 1. The summed E-state index contributed by atoms with van der Waals surface area (Å²) < 4.78 is 25.6. The van der Waals surface area contributed by atoms with Gasteiger partial charge < -0.3 is 5.32 Å². The second-order valence-corrected chi connectivity index (χ2v) is 4.51. The molecule has 0 radical (unpaired) electrons. The molecule has 0 spiro atoms. The fourth-order valence-corrected chi connectivity index (χ4v) is 1.78. The third-order valence-corrected chi connectivity index (χ3v) is 2.92. The normalized spacial score (nSPS) is 11.9. The highest BCUT2D eigenvalue weighted by atomic mass is 19.1. The average Bonchev–Trinajstić information content (AvgIpc) is 2.53. The molecule has 110 valence electrons. The van der Waals surface area contributed by atoms with Crippen LogP contribution in [0.5, 0.6) is 0 Å². The first kappa shape index (κ1) is 15.4. The Morgan fingerprint density at radius 2 is 1.59 bits per heavy atom. The molecule has 3 nitrogen and oxygen atoms in total. The lowest BCUT2D eigenvalue weighted by Crippen LogP contribution is -2.25. The van der Waals surface area contributed by atoms with Crippen molar-refractivity contribution < 1.29 is 13.6 Å². The molecule has 0 unspecified atom stereocenters. The van der Waals surface area contributed by atoms with Gasteiger partial charge in [-0.3, -0.25) is 4.79 Å². The Labute approximate surface area is 126 Å². The van der Waals surface area contributed by atoms with Gasteiger partial charge in [0, 0.05) is 6.08 Å². The predicted octanol–water partition coefficient (Wildman–Crippen LogP) is 3.36. The molecule has 1 N–H and O–H groups in total. The smallest absolute Gasteiger partial charge is 0.245 e. The second-order valence-electron chi connectivity index (χ2n) is 4.51. The molecular formula is C17H12F2N2O. The molecule has 5 heteroatoms. The van der Waals surface area contributed by atoms with E-state index >= 15 is 0 Å². The zero-order valence-electron chi connectivity index (χ0n) is 11.5. The van der Waals surface area contributed by atoms with Gasteiger partial charge in [0.25, 0.3) is 0 Å². The third kappa shape index (κ3) is 4.25. The molecule has 2 aromatic rings. The van der Waals surface area contributed by atoms with Gasteiger partial charge in [0.15, 0.2) is 0 Å². The highest BCUT2D eigenvalue weighted by molar-refractivity contribution is 5.92. The molecule has 1 atom stereocenters. The van der Waals surface area contributed by atoms with Crippen molar-refractivity contribution in [3.8, 4) is 6.07 Å². The van der Waals surface area contributed by atoms with Gasteiger partial charge >= 0.3 is 0 Å². The van der Waals surface area contributed by atoms with Gasteiger partial charge in [-0.2, -0.15) is 5.26 Å². The minimum absolute atomic E-state index is 0.359. The zero-order chi connectivity index (χ0) is 15.9. The van der Waals surface area contributed by atoms with Crippen molar-refractivity contribution in [2.24, 2.45) is 0 Å². The predicted molar refractivity (Wildman–Crippen MR) is 78.3 cm³/mol. The van der Waals surface area contributed by atoms with Gasteiger partial charge in [-0.25, -0.2) is 8.78 Å². The molecule has 0 aliphatic rings. The van der Waals surface area contributed by atoms with E-state index < -0.39 is 17.8 Å². The highest BCUT2D eigenvalue weighted by Gasteiger charge is 2.12. The maximum absolute atomic E-state index is 12.8. The lowest BCUT2D eigenvalue weighted by atomic mass is 10.1. The van der Waals surface area contributed by atoms with Crippen molar-refractivity contribution >= 4 is 12.0 Å². The molecule has 22 heavy (non-hydrogen) atoms. The fourth-order valence-electron chi connectivity index (χ4n) is 1.78. The summed E-state index contributed by atoms with van der Waals surface area (Å²) in [6.07, 6.45) is 2.76. The van der Waals surface area contributed by atoms with Crippen molar-refractivity contribution in [3.63, 3.8) is 0 Å². The molecule has 2 aromatic carbocycles. The Hall–Kier alpha value is -3.00. The molecule has 0 bridgehead atoms. The van der Waals surface area contributed by atoms with Crippen LogP contribution < -0.4 is 5.32 Å². The standard InChI is InChI=1S/C17H12F2N2O/c18-14-6-1-12(2-7-14)3-10-17(22)21-16(11-20)13-4-8-15(19)9-5-13/h1-10,16H,(H,21,22)/b10-3+/t16-/m0/s1. The van der Waals surface area contributed by atoms with Crippen LogP contribution >= 0.6 is 0 Å². The first-order chi connectivity index (χ1) is 10.6. The van der Waals surface area contributed by atoms with E-state index in [1.54, 1.807) is 0 Å². The van der Waals surface area contributed by atoms with E-state index in [-0.39, 0.29) is 5.82 Å². The van der Waals surface area contributed by atoms with Gasteiger partial charge in [-0.15, -0.1) is 0 Å². The number of hydrogen-bond acceptors (Lipinski definition) is 2. The summed E-state index contributed by atoms with van der Waals surface area (Å²) in [5.74, 6) is -1.24. The van der Waals surface area contributed by atoms with Crippen LogP contribution in [-0.2, 0) is 4.79 Å². The maximum atomic E-state index is 12.8. The summed E-state index contributed by atoms with van der Waals surface area (Å²) in [5.41, 5.74) is 1.15. The largest absolute Gasteiger partial charge is 0.333 e. The quantitative estimate of drug-likeness (QED) is 0.880. The molecule has 1 amide bonds. The first-order valence-corrected chi connectivity index (χ1v) is 6.48. The maximum Gasteiger partial charge on any atom is 0.245 e. The van der Waals surface area contributed by atoms with Crippen molar-refractivity contribution in [1.82, 2.24) is 5.32 Å². The Morgan fingerprint density at radius 3 is 2.14 bits per heavy atom. The monoisotopic (exact) mass is 298 g/mol. The fraction of sp³-hybridized carbons (Fsp3) is 0.0588. The van der Waals surface area contributed by atoms with E-state index in [0.29, 0.717) is 11.1 Å². The molecule has 0 saturated heterocycles. The van der Waals surface area contributed by atoms with E-state index in [1.165, 1.54) is 60.7 Å². The molecule has 2 rings (SSSR count). The molecule has 0 heterocycles. The number of amides is 1. The number of nitrogens with zero attached hydrogens (tertiary/aromatic N) is 1. The number of benzene rings is 2. The summed E-state index contributed by atoms with van der Waals surface area (Å²) in [7, 11) is 0. The van der Waals surface area contributed by atoms with Crippen LogP contribution in [0, 0.1) is 23.0 Å². The number of halogens is 2. The number of nitrogens with one attached hydrogen (secondary N) is 1. The lowest BCUT2D eigenvalue weighted by molar-refractivity contribution is -0.116. The van der Waals surface area contributed by atoms with Crippen LogP contribution in [0.4, 0.5) is 8.78 Å². The molecule has 0 fully saturated rings. The highest BCUT2D eigenvalue weighted by Crippen LogP contribution is 2.13. The van der Waals surface area contributed by atoms with E-state index in [2.05, 4.69) is 5.32 Å². The van der Waals surface area contributed by atoms with Crippen LogP contribution in [0.3, 0.4) is 0 Å². The molecule has 0 aliphatic heterocycles. The molecule has 0 saturated carbocycles. The van der Waals surface area contributed by atoms with Crippen molar-refractivity contribution in [3.05, 3.63) is 77.4 Å². The summed E-state index contributed by atoms with van der Waals surface area (Å²) in [4.78, 5) is 11.8. The molecule has 0 aromatic heterocycles. The number of carbonyl (C=O) groups excluding carboxylic acids is 1. The van der Waals surface area contributed by atoms with Crippen molar-refractivity contribution in [2.75, 3.05) is 0 Å². The summed E-state index contributed by atoms with van der Waals surface area (Å²) in [6.45, 7) is 0. The molecule has 0 aliphatic carbocycles. The Morgan fingerprint density at radius 1 is 1.05 bits per heavy atom. The molecular weight excluding hydrogens is 286 g/mol. The van der Waals surface area contributed by atoms with Crippen molar-refractivity contribution in [1.29, 1.82) is 5.26 Å². The van der Waals surface area contributed by atoms with E-state index in [1.807, 2.05) is 6.07 Å². The Balaban J connectivity index is 2.02. The van der Waals surface area contributed by atoms with E-state index in [4.69, 9.17) is 5.26 Å². The average molecular weight is 298 g/mol. The van der Waals surface area contributed by atoms with E-state index in [9.17, 15) is 13.6 Å². The lowest BCUT2D eigenvalue weighted by Gasteiger charge is -2.10. The van der Waals surface area contributed by atoms with Crippen LogP contribution in [0.15, 0.2) is 54.6 Å². The summed E-state index contributed by atoms with van der Waals surface area (Å²) in [5, 5.41) is 11.6. The SMILES string of the molecule is N#C[C@H](NC(=O)/C=C/c1ccc(F)cc1)c1ccc(F)cc1. The van der Waals surface area contributed by atoms with Gasteiger partial charge in [-0.1, -0.05) is 24.3 Å². The number of carbonyl (C=O) groups is 1.